The van der Waals surface area contributed by atoms with Crippen LogP contribution in [0.2, 0.25) is 17.6 Å². The summed E-state index contributed by atoms with van der Waals surface area (Å²) >= 11 is 0. The second-order valence-corrected chi connectivity index (χ2v) is 16.2. The molecule has 4 aliphatic carbocycles. The molecule has 0 amide bonds. The van der Waals surface area contributed by atoms with Crippen molar-refractivity contribution in [3.8, 4) is 11.5 Å². The summed E-state index contributed by atoms with van der Waals surface area (Å²) in [5.41, 5.74) is 12.4. The summed E-state index contributed by atoms with van der Waals surface area (Å²) < 4.78 is 11.3. The van der Waals surface area contributed by atoms with E-state index in [2.05, 4.69) is 154 Å². The molecule has 4 aromatic carbocycles. The zero-order valence-electron chi connectivity index (χ0n) is 28.3. The number of fused-ring (bicyclic) bond motifs is 2. The Kier molecular flexibility index (Phi) is 7.81. The van der Waals surface area contributed by atoms with Gasteiger partial charge in [-0.3, -0.25) is 0 Å². The normalized spacial score (nSPS) is 23.0. The number of benzene rings is 4. The predicted molar refractivity (Wildman–Crippen MR) is 204 cm³/mol. The molecule has 0 heterocycles. The summed E-state index contributed by atoms with van der Waals surface area (Å²) in [7, 11) is 2.52. The molecule has 4 atom stereocenters. The van der Waals surface area contributed by atoms with Crippen LogP contribution in [0, 0.1) is 0 Å². The summed E-state index contributed by atoms with van der Waals surface area (Å²) in [5, 5.41) is 5.01. The SMILES string of the molecule is COc1ccc2cccc(C3C=CC=CC4=C3C=C(C)C4[Si](C)C3C(C)=CC4=C3C=CC=CC4c3cccc4ccc(OC)cc34)c2c1. The van der Waals surface area contributed by atoms with E-state index in [0.717, 1.165) is 11.5 Å². The van der Waals surface area contributed by atoms with Crippen molar-refractivity contribution in [2.45, 2.75) is 43.3 Å². The first kappa shape index (κ1) is 30.5. The van der Waals surface area contributed by atoms with Crippen LogP contribution in [-0.4, -0.2) is 23.0 Å². The van der Waals surface area contributed by atoms with Crippen LogP contribution in [0.1, 0.15) is 36.8 Å². The molecule has 2 nitrogen and oxygen atoms in total. The van der Waals surface area contributed by atoms with Crippen LogP contribution in [0.5, 0.6) is 11.5 Å². The fourth-order valence-corrected chi connectivity index (χ4v) is 12.2. The molecule has 8 rings (SSSR count). The summed E-state index contributed by atoms with van der Waals surface area (Å²) in [6.45, 7) is 7.32. The highest BCUT2D eigenvalue weighted by molar-refractivity contribution is 6.64. The second kappa shape index (κ2) is 12.3. The van der Waals surface area contributed by atoms with Gasteiger partial charge in [-0.15, -0.1) is 0 Å². The molecule has 4 aromatic rings. The molecule has 0 saturated carbocycles. The minimum absolute atomic E-state index is 0.185. The lowest BCUT2D eigenvalue weighted by molar-refractivity contribution is 0.415. The van der Waals surface area contributed by atoms with E-state index in [1.165, 1.54) is 66.1 Å². The third kappa shape index (κ3) is 5.00. The maximum atomic E-state index is 5.65. The van der Waals surface area contributed by atoms with Crippen LogP contribution < -0.4 is 9.47 Å². The Morgan fingerprint density at radius 1 is 0.542 bits per heavy atom. The molecular weight excluding hydrogens is 601 g/mol. The number of hydrogen-bond acceptors (Lipinski definition) is 2. The third-order valence-electron chi connectivity index (χ3n) is 10.8. The van der Waals surface area contributed by atoms with Gasteiger partial charge >= 0.3 is 0 Å². The zero-order chi connectivity index (χ0) is 32.9. The molecule has 0 aliphatic heterocycles. The van der Waals surface area contributed by atoms with E-state index in [1.54, 1.807) is 14.2 Å². The van der Waals surface area contributed by atoms with Gasteiger partial charge in [0.2, 0.25) is 0 Å². The Hall–Kier alpha value is -4.86. The highest BCUT2D eigenvalue weighted by Gasteiger charge is 2.41. The van der Waals surface area contributed by atoms with E-state index in [9.17, 15) is 0 Å². The summed E-state index contributed by atoms with van der Waals surface area (Å²) in [6, 6.07) is 26.3. The lowest BCUT2D eigenvalue weighted by Crippen LogP contribution is -2.25. The van der Waals surface area contributed by atoms with Gasteiger partial charge in [0.05, 0.1) is 23.0 Å². The largest absolute Gasteiger partial charge is 0.497 e. The van der Waals surface area contributed by atoms with Gasteiger partial charge in [0.1, 0.15) is 11.5 Å². The highest BCUT2D eigenvalue weighted by atomic mass is 28.3. The van der Waals surface area contributed by atoms with Crippen molar-refractivity contribution in [3.05, 3.63) is 178 Å². The summed E-state index contributed by atoms with van der Waals surface area (Å²) in [6.07, 6.45) is 23.6. The van der Waals surface area contributed by atoms with Crippen molar-refractivity contribution >= 4 is 30.3 Å². The van der Waals surface area contributed by atoms with Crippen LogP contribution in [0.3, 0.4) is 0 Å². The molecule has 0 N–H and O–H groups in total. The van der Waals surface area contributed by atoms with Crippen LogP contribution in [-0.2, 0) is 0 Å². The maximum Gasteiger partial charge on any atom is 0.119 e. The molecule has 4 unspecified atom stereocenters. The molecule has 0 spiro atoms. The second-order valence-electron chi connectivity index (χ2n) is 13.5. The quantitative estimate of drug-likeness (QED) is 0.195. The van der Waals surface area contributed by atoms with E-state index < -0.39 is 8.80 Å². The summed E-state index contributed by atoms with van der Waals surface area (Å²) in [5.74, 6) is 2.17. The molecule has 0 saturated heterocycles. The molecular formula is C45H41O2Si. The molecule has 0 fully saturated rings. The van der Waals surface area contributed by atoms with Crippen LogP contribution in [0.25, 0.3) is 21.5 Å². The van der Waals surface area contributed by atoms with Gasteiger partial charge in [-0.1, -0.05) is 127 Å². The van der Waals surface area contributed by atoms with Crippen LogP contribution >= 0.6 is 0 Å². The van der Waals surface area contributed by atoms with Crippen LogP contribution in [0.15, 0.2) is 167 Å². The van der Waals surface area contributed by atoms with Crippen molar-refractivity contribution in [2.75, 3.05) is 14.2 Å². The molecule has 1 radical (unpaired) electrons. The van der Waals surface area contributed by atoms with E-state index >= 15 is 0 Å². The van der Waals surface area contributed by atoms with Gasteiger partial charge in [0, 0.05) is 11.8 Å². The van der Waals surface area contributed by atoms with Gasteiger partial charge in [-0.25, -0.2) is 0 Å². The van der Waals surface area contributed by atoms with Gasteiger partial charge in [0.15, 0.2) is 0 Å². The standard InChI is InChI=1S/C45H41O2Si/c1-28-24-42-36(34-18-10-12-30-20-22-32(46-3)26-40(30)34)14-6-8-16-38(42)44(28)48(5)45-29(2)25-43-37(15-7-9-17-39(43)45)35-19-11-13-31-21-23-33(47-4)27-41(31)35/h6-27,36-37,44-45H,1-5H3. The van der Waals surface area contributed by atoms with Crippen molar-refractivity contribution in [3.63, 3.8) is 0 Å². The smallest absolute Gasteiger partial charge is 0.119 e. The zero-order valence-corrected chi connectivity index (χ0v) is 29.3. The Bertz CT molecular complexity index is 2060. The third-order valence-corrected chi connectivity index (χ3v) is 14.2. The minimum atomic E-state index is -0.976. The highest BCUT2D eigenvalue weighted by Crippen LogP contribution is 2.54. The minimum Gasteiger partial charge on any atom is -0.497 e. The summed E-state index contributed by atoms with van der Waals surface area (Å²) in [4.78, 5) is 0. The Morgan fingerprint density at radius 2 is 1.00 bits per heavy atom. The fraction of sp³-hybridized carbons (Fsp3) is 0.200. The van der Waals surface area contributed by atoms with E-state index in [0.29, 0.717) is 11.1 Å². The monoisotopic (exact) mass is 641 g/mol. The van der Waals surface area contributed by atoms with E-state index in [4.69, 9.17) is 9.47 Å². The van der Waals surface area contributed by atoms with Gasteiger partial charge in [-0.2, -0.15) is 0 Å². The number of ether oxygens (including phenoxy) is 2. The molecule has 0 bridgehead atoms. The number of allylic oxidation sites excluding steroid dienone is 16. The number of rotatable bonds is 6. The van der Waals surface area contributed by atoms with Crippen molar-refractivity contribution in [2.24, 2.45) is 0 Å². The molecule has 0 aromatic heterocycles. The fourth-order valence-electron chi connectivity index (χ4n) is 8.71. The van der Waals surface area contributed by atoms with Gasteiger partial charge < -0.3 is 9.47 Å². The van der Waals surface area contributed by atoms with Crippen LogP contribution in [0.4, 0.5) is 0 Å². The average molecular weight is 642 g/mol. The number of methoxy groups -OCH3 is 2. The molecule has 237 valence electrons. The Morgan fingerprint density at radius 3 is 1.44 bits per heavy atom. The Labute approximate surface area is 286 Å². The Balaban J connectivity index is 1.20. The van der Waals surface area contributed by atoms with E-state index in [1.807, 2.05) is 0 Å². The van der Waals surface area contributed by atoms with Crippen molar-refractivity contribution in [1.29, 1.82) is 0 Å². The first-order chi connectivity index (χ1) is 23.5. The first-order valence-corrected chi connectivity index (χ1v) is 19.1. The lowest BCUT2D eigenvalue weighted by atomic mass is 9.86. The molecule has 48 heavy (non-hydrogen) atoms. The topological polar surface area (TPSA) is 18.5 Å². The van der Waals surface area contributed by atoms with Crippen molar-refractivity contribution < 1.29 is 9.47 Å². The van der Waals surface area contributed by atoms with Gasteiger partial charge in [-0.05, 0) is 104 Å². The first-order valence-electron chi connectivity index (χ1n) is 17.0. The van der Waals surface area contributed by atoms with E-state index in [-0.39, 0.29) is 11.8 Å². The number of hydrogen-bond donors (Lipinski definition) is 0. The average Bonchev–Trinajstić information content (AvgIpc) is 3.43. The molecule has 3 heteroatoms. The van der Waals surface area contributed by atoms with Crippen molar-refractivity contribution in [1.82, 2.24) is 0 Å². The maximum absolute atomic E-state index is 5.65. The predicted octanol–water partition coefficient (Wildman–Crippen LogP) is 11.5. The molecule has 4 aliphatic rings. The van der Waals surface area contributed by atoms with Gasteiger partial charge in [0.25, 0.3) is 0 Å². The lowest BCUT2D eigenvalue weighted by Gasteiger charge is -2.30.